The van der Waals surface area contributed by atoms with Crippen LogP contribution in [0.2, 0.25) is 19.6 Å². The van der Waals surface area contributed by atoms with Gasteiger partial charge in [-0.1, -0.05) is 6.42 Å². The van der Waals surface area contributed by atoms with Crippen molar-refractivity contribution < 1.29 is 18.7 Å². The summed E-state index contributed by atoms with van der Waals surface area (Å²) in [6, 6.07) is 0. The SMILES string of the molecule is COC(=O)C1=C[C@@]2(O[Si](C)(C)C)OCCCC[C@@H]12. The van der Waals surface area contributed by atoms with Gasteiger partial charge in [0.25, 0.3) is 0 Å². The van der Waals surface area contributed by atoms with Gasteiger partial charge in [-0.3, -0.25) is 0 Å². The summed E-state index contributed by atoms with van der Waals surface area (Å²) in [4.78, 5) is 11.7. The van der Waals surface area contributed by atoms with Crippen molar-refractivity contribution in [2.75, 3.05) is 13.7 Å². The number of ether oxygens (including phenoxy) is 2. The second kappa shape index (κ2) is 4.79. The largest absolute Gasteiger partial charge is 0.466 e. The Morgan fingerprint density at radius 1 is 1.44 bits per heavy atom. The highest BCUT2D eigenvalue weighted by Gasteiger charge is 2.54. The first-order valence-electron chi connectivity index (χ1n) is 6.53. The molecule has 0 aromatic carbocycles. The van der Waals surface area contributed by atoms with Crippen molar-refractivity contribution in [3.8, 4) is 0 Å². The number of hydrogen-bond donors (Lipinski definition) is 0. The fraction of sp³-hybridized carbons (Fsp3) is 0.769. The van der Waals surface area contributed by atoms with E-state index in [1.807, 2.05) is 6.08 Å². The van der Waals surface area contributed by atoms with Gasteiger partial charge in [0.05, 0.1) is 13.7 Å². The van der Waals surface area contributed by atoms with Crippen LogP contribution in [-0.4, -0.2) is 33.8 Å². The molecule has 0 bridgehead atoms. The third-order valence-corrected chi connectivity index (χ3v) is 4.25. The van der Waals surface area contributed by atoms with Crippen molar-refractivity contribution in [1.82, 2.24) is 0 Å². The van der Waals surface area contributed by atoms with Crippen molar-refractivity contribution in [1.29, 1.82) is 0 Å². The highest BCUT2D eigenvalue weighted by atomic mass is 28.4. The van der Waals surface area contributed by atoms with Crippen molar-refractivity contribution in [3.05, 3.63) is 11.6 Å². The lowest BCUT2D eigenvalue weighted by atomic mass is 9.76. The van der Waals surface area contributed by atoms with Crippen LogP contribution in [-0.2, 0) is 18.7 Å². The summed E-state index contributed by atoms with van der Waals surface area (Å²) in [5.41, 5.74) is 0.720. The third kappa shape index (κ3) is 2.53. The van der Waals surface area contributed by atoms with Gasteiger partial charge in [0.2, 0.25) is 0 Å². The monoisotopic (exact) mass is 270 g/mol. The molecule has 0 amide bonds. The highest BCUT2D eigenvalue weighted by Crippen LogP contribution is 2.47. The van der Waals surface area contributed by atoms with Crippen LogP contribution in [0.4, 0.5) is 0 Å². The number of methoxy groups -OCH3 is 1. The molecule has 0 radical (unpaired) electrons. The maximum absolute atomic E-state index is 11.7. The number of carbonyl (C=O) groups excluding carboxylic acids is 1. The van der Waals surface area contributed by atoms with Crippen LogP contribution in [0.15, 0.2) is 11.6 Å². The molecule has 1 fully saturated rings. The molecule has 2 rings (SSSR count). The predicted molar refractivity (Wildman–Crippen MR) is 70.6 cm³/mol. The molecule has 0 aromatic rings. The summed E-state index contributed by atoms with van der Waals surface area (Å²) >= 11 is 0. The minimum absolute atomic E-state index is 0.0409. The Kier molecular flexibility index (Phi) is 3.67. The van der Waals surface area contributed by atoms with Gasteiger partial charge in [0.1, 0.15) is 0 Å². The van der Waals surface area contributed by atoms with Gasteiger partial charge in [-0.05, 0) is 38.6 Å². The summed E-state index contributed by atoms with van der Waals surface area (Å²) in [7, 11) is -0.309. The zero-order valence-corrected chi connectivity index (χ0v) is 12.6. The van der Waals surface area contributed by atoms with Crippen LogP contribution in [0.3, 0.4) is 0 Å². The summed E-state index contributed by atoms with van der Waals surface area (Å²) in [5.74, 6) is -0.871. The minimum atomic E-state index is -1.73. The topological polar surface area (TPSA) is 44.8 Å². The standard InChI is InChI=1S/C13H22O4Si/c1-15-12(14)10-9-13(17-18(2,3)4)11(10)7-5-6-8-16-13/h9,11H,5-8H2,1-4H3/t11-,13-/m0/s1. The first-order valence-corrected chi connectivity index (χ1v) is 9.94. The van der Waals surface area contributed by atoms with Crippen LogP contribution in [0.5, 0.6) is 0 Å². The molecule has 0 aromatic heterocycles. The molecular formula is C13H22O4Si. The quantitative estimate of drug-likeness (QED) is 0.584. The second-order valence-electron chi connectivity index (χ2n) is 5.92. The number of esters is 1. The van der Waals surface area contributed by atoms with E-state index >= 15 is 0 Å². The van der Waals surface area contributed by atoms with E-state index in [2.05, 4.69) is 19.6 Å². The predicted octanol–water partition coefficient (Wildman–Crippen LogP) is 2.46. The lowest BCUT2D eigenvalue weighted by Crippen LogP contribution is -2.55. The Balaban J connectivity index is 2.24. The average Bonchev–Trinajstić information content (AvgIpc) is 2.39. The van der Waals surface area contributed by atoms with E-state index in [-0.39, 0.29) is 11.9 Å². The molecule has 1 saturated heterocycles. The van der Waals surface area contributed by atoms with Gasteiger partial charge in [-0.15, -0.1) is 0 Å². The molecule has 0 saturated carbocycles. The Bertz CT molecular complexity index is 372. The van der Waals surface area contributed by atoms with E-state index in [9.17, 15) is 4.79 Å². The number of carbonyl (C=O) groups is 1. The first-order chi connectivity index (χ1) is 8.38. The molecule has 0 N–H and O–H groups in total. The smallest absolute Gasteiger partial charge is 0.334 e. The van der Waals surface area contributed by atoms with Gasteiger partial charge in [-0.2, -0.15) is 0 Å². The Labute approximate surface area is 109 Å². The van der Waals surface area contributed by atoms with E-state index in [0.717, 1.165) is 24.8 Å². The van der Waals surface area contributed by atoms with Crippen LogP contribution in [0.1, 0.15) is 19.3 Å². The van der Waals surface area contributed by atoms with Gasteiger partial charge in [0, 0.05) is 11.5 Å². The lowest BCUT2D eigenvalue weighted by Gasteiger charge is -2.47. The first kappa shape index (κ1) is 13.8. The number of rotatable bonds is 3. The fourth-order valence-electron chi connectivity index (χ4n) is 2.65. The van der Waals surface area contributed by atoms with E-state index in [0.29, 0.717) is 6.61 Å². The molecule has 0 spiro atoms. The van der Waals surface area contributed by atoms with Crippen LogP contribution in [0.25, 0.3) is 0 Å². The Morgan fingerprint density at radius 3 is 2.78 bits per heavy atom. The normalized spacial score (nSPS) is 31.8. The molecule has 1 aliphatic heterocycles. The summed E-state index contributed by atoms with van der Waals surface area (Å²) < 4.78 is 16.9. The molecule has 5 heteroatoms. The minimum Gasteiger partial charge on any atom is -0.466 e. The van der Waals surface area contributed by atoms with Crippen molar-refractivity contribution in [3.63, 3.8) is 0 Å². The van der Waals surface area contributed by atoms with E-state index < -0.39 is 14.1 Å². The lowest BCUT2D eigenvalue weighted by molar-refractivity contribution is -0.194. The average molecular weight is 270 g/mol. The summed E-state index contributed by atoms with van der Waals surface area (Å²) in [6.07, 6.45) is 4.85. The third-order valence-electron chi connectivity index (χ3n) is 3.32. The van der Waals surface area contributed by atoms with Crippen LogP contribution >= 0.6 is 0 Å². The van der Waals surface area contributed by atoms with E-state index in [4.69, 9.17) is 13.9 Å². The van der Waals surface area contributed by atoms with E-state index in [1.54, 1.807) is 0 Å². The number of hydrogen-bond acceptors (Lipinski definition) is 4. The van der Waals surface area contributed by atoms with Gasteiger partial charge in [0.15, 0.2) is 14.1 Å². The van der Waals surface area contributed by atoms with Crippen molar-refractivity contribution in [2.24, 2.45) is 5.92 Å². The van der Waals surface area contributed by atoms with Crippen LogP contribution < -0.4 is 0 Å². The van der Waals surface area contributed by atoms with Crippen molar-refractivity contribution in [2.45, 2.75) is 44.7 Å². The molecule has 0 unspecified atom stereocenters. The maximum Gasteiger partial charge on any atom is 0.334 e. The number of fused-ring (bicyclic) bond motifs is 1. The Hall–Kier alpha value is -0.653. The molecule has 18 heavy (non-hydrogen) atoms. The second-order valence-corrected chi connectivity index (χ2v) is 10.4. The Morgan fingerprint density at radius 2 is 2.17 bits per heavy atom. The zero-order chi connectivity index (χ0) is 13.4. The van der Waals surface area contributed by atoms with Gasteiger partial charge < -0.3 is 13.9 Å². The molecule has 2 aliphatic rings. The molecule has 1 heterocycles. The fourth-order valence-corrected chi connectivity index (χ4v) is 3.86. The van der Waals surface area contributed by atoms with Crippen LogP contribution in [0, 0.1) is 5.92 Å². The highest BCUT2D eigenvalue weighted by molar-refractivity contribution is 6.69. The summed E-state index contributed by atoms with van der Waals surface area (Å²) in [5, 5.41) is 0. The van der Waals surface area contributed by atoms with Gasteiger partial charge >= 0.3 is 5.97 Å². The van der Waals surface area contributed by atoms with Crippen molar-refractivity contribution >= 4 is 14.3 Å². The zero-order valence-electron chi connectivity index (χ0n) is 11.6. The molecule has 2 atom stereocenters. The van der Waals surface area contributed by atoms with Gasteiger partial charge in [-0.25, -0.2) is 4.79 Å². The molecule has 102 valence electrons. The summed E-state index contributed by atoms with van der Waals surface area (Å²) in [6.45, 7) is 7.11. The molecule has 4 nitrogen and oxygen atoms in total. The molecule has 1 aliphatic carbocycles. The molecular weight excluding hydrogens is 248 g/mol. The maximum atomic E-state index is 11.7. The van der Waals surface area contributed by atoms with E-state index in [1.165, 1.54) is 7.11 Å².